The highest BCUT2D eigenvalue weighted by atomic mass is 19.4. The minimum absolute atomic E-state index is 0.0454. The number of amides is 2. The molecule has 1 N–H and O–H groups in total. The summed E-state index contributed by atoms with van der Waals surface area (Å²) in [5.41, 5.74) is 0.319. The number of carboxylic acids is 1. The zero-order valence-electron chi connectivity index (χ0n) is 14.8. The van der Waals surface area contributed by atoms with Gasteiger partial charge in [0.2, 0.25) is 5.91 Å². The molecule has 1 fully saturated rings. The van der Waals surface area contributed by atoms with Crippen molar-refractivity contribution in [1.82, 2.24) is 9.80 Å². The Kier molecular flexibility index (Phi) is 6.45. The largest absolute Gasteiger partial charge is 0.478 e. The molecule has 0 aromatic heterocycles. The molecule has 1 aromatic rings. The van der Waals surface area contributed by atoms with Gasteiger partial charge < -0.3 is 14.9 Å². The van der Waals surface area contributed by atoms with Crippen LogP contribution in [0, 0.1) is 5.92 Å². The number of benzene rings is 1. The van der Waals surface area contributed by atoms with Gasteiger partial charge in [-0.3, -0.25) is 9.59 Å². The van der Waals surface area contributed by atoms with Crippen LogP contribution in [0.3, 0.4) is 0 Å². The van der Waals surface area contributed by atoms with Gasteiger partial charge in [-0.25, -0.2) is 4.79 Å². The summed E-state index contributed by atoms with van der Waals surface area (Å²) in [5.74, 6) is -2.76. The highest BCUT2D eigenvalue weighted by molar-refractivity contribution is 5.96. The lowest BCUT2D eigenvalue weighted by Crippen LogP contribution is -2.48. The van der Waals surface area contributed by atoms with Crippen molar-refractivity contribution in [1.29, 1.82) is 0 Å². The van der Waals surface area contributed by atoms with Crippen LogP contribution in [0.5, 0.6) is 0 Å². The fourth-order valence-corrected chi connectivity index (χ4v) is 3.12. The van der Waals surface area contributed by atoms with Crippen LogP contribution in [-0.4, -0.2) is 65.0 Å². The van der Waals surface area contributed by atoms with Crippen LogP contribution >= 0.6 is 0 Å². The third-order valence-electron chi connectivity index (χ3n) is 4.50. The van der Waals surface area contributed by atoms with Gasteiger partial charge >= 0.3 is 12.1 Å². The number of aromatic carboxylic acids is 1. The third kappa shape index (κ3) is 5.45. The van der Waals surface area contributed by atoms with Gasteiger partial charge in [-0.05, 0) is 44.0 Å². The SMILES string of the molecule is CCN(CC(F)(F)F)C(=O)C1CCCN(C(=O)c2ccc(C(=O)O)cc2)C1. The zero-order valence-corrected chi connectivity index (χ0v) is 14.8. The third-order valence-corrected chi connectivity index (χ3v) is 4.50. The Balaban J connectivity index is 2.06. The molecule has 1 unspecified atom stereocenters. The molecule has 0 saturated carbocycles. The van der Waals surface area contributed by atoms with Crippen molar-refractivity contribution in [3.8, 4) is 0 Å². The van der Waals surface area contributed by atoms with Crippen molar-refractivity contribution >= 4 is 17.8 Å². The number of hydrogen-bond donors (Lipinski definition) is 1. The molecule has 6 nitrogen and oxygen atoms in total. The standard InChI is InChI=1S/C18H21F3N2O4/c1-2-22(11-18(19,20)21)16(25)14-4-3-9-23(10-14)15(24)12-5-7-13(8-6-12)17(26)27/h5-8,14H,2-4,9-11H2,1H3,(H,26,27). The van der Waals surface area contributed by atoms with E-state index in [4.69, 9.17) is 5.11 Å². The Labute approximate surface area is 154 Å². The zero-order chi connectivity index (χ0) is 20.2. The normalized spacial score (nSPS) is 17.5. The molecular formula is C18H21F3N2O4. The van der Waals surface area contributed by atoms with E-state index in [-0.39, 0.29) is 30.1 Å². The number of halogens is 3. The first-order valence-electron chi connectivity index (χ1n) is 8.60. The molecule has 1 aliphatic heterocycles. The van der Waals surface area contributed by atoms with Gasteiger partial charge in [0, 0.05) is 25.2 Å². The lowest BCUT2D eigenvalue weighted by Gasteiger charge is -2.35. The Hall–Kier alpha value is -2.58. The van der Waals surface area contributed by atoms with E-state index < -0.39 is 30.5 Å². The van der Waals surface area contributed by atoms with Crippen molar-refractivity contribution < 1.29 is 32.7 Å². The molecule has 2 amide bonds. The van der Waals surface area contributed by atoms with Crippen LogP contribution in [0.25, 0.3) is 0 Å². The molecule has 2 rings (SSSR count). The molecule has 1 saturated heterocycles. The molecule has 1 aromatic carbocycles. The maximum atomic E-state index is 12.6. The number of rotatable bonds is 5. The molecule has 148 valence electrons. The number of piperidine rings is 1. The maximum Gasteiger partial charge on any atom is 0.406 e. The summed E-state index contributed by atoms with van der Waals surface area (Å²) in [6.07, 6.45) is -3.53. The molecule has 1 aliphatic rings. The Morgan fingerprint density at radius 2 is 1.78 bits per heavy atom. The second-order valence-corrected chi connectivity index (χ2v) is 6.44. The second kappa shape index (κ2) is 8.41. The first kappa shape index (κ1) is 20.7. The van der Waals surface area contributed by atoms with E-state index >= 15 is 0 Å². The summed E-state index contributed by atoms with van der Waals surface area (Å²) < 4.78 is 37.9. The molecule has 1 heterocycles. The number of hydrogen-bond acceptors (Lipinski definition) is 3. The fourth-order valence-electron chi connectivity index (χ4n) is 3.12. The molecule has 9 heteroatoms. The van der Waals surface area contributed by atoms with Gasteiger partial charge in [-0.2, -0.15) is 13.2 Å². The van der Waals surface area contributed by atoms with Crippen molar-refractivity contribution in [2.24, 2.45) is 5.92 Å². The second-order valence-electron chi connectivity index (χ2n) is 6.44. The molecule has 1 atom stereocenters. The van der Waals surface area contributed by atoms with E-state index in [1.165, 1.54) is 36.1 Å². The smallest absolute Gasteiger partial charge is 0.406 e. The van der Waals surface area contributed by atoms with Crippen LogP contribution in [0.15, 0.2) is 24.3 Å². The van der Waals surface area contributed by atoms with Gasteiger partial charge in [0.1, 0.15) is 6.54 Å². The predicted molar refractivity (Wildman–Crippen MR) is 90.3 cm³/mol. The van der Waals surface area contributed by atoms with Crippen molar-refractivity contribution in [3.63, 3.8) is 0 Å². The number of carbonyl (C=O) groups excluding carboxylic acids is 2. The maximum absolute atomic E-state index is 12.6. The van der Waals surface area contributed by atoms with Gasteiger partial charge in [0.25, 0.3) is 5.91 Å². The summed E-state index contributed by atoms with van der Waals surface area (Å²) in [6.45, 7) is 0.573. The van der Waals surface area contributed by atoms with E-state index in [9.17, 15) is 27.6 Å². The average molecular weight is 386 g/mol. The highest BCUT2D eigenvalue weighted by Crippen LogP contribution is 2.23. The van der Waals surface area contributed by atoms with Crippen LogP contribution < -0.4 is 0 Å². The van der Waals surface area contributed by atoms with Crippen LogP contribution in [-0.2, 0) is 4.79 Å². The van der Waals surface area contributed by atoms with Gasteiger partial charge in [-0.1, -0.05) is 0 Å². The number of alkyl halides is 3. The molecule has 0 radical (unpaired) electrons. The van der Waals surface area contributed by atoms with E-state index in [0.717, 1.165) is 4.90 Å². The van der Waals surface area contributed by atoms with E-state index in [1.54, 1.807) is 0 Å². The summed E-state index contributed by atoms with van der Waals surface area (Å²) in [5, 5.41) is 8.90. The van der Waals surface area contributed by atoms with E-state index in [0.29, 0.717) is 19.4 Å². The van der Waals surface area contributed by atoms with E-state index in [2.05, 4.69) is 0 Å². The summed E-state index contributed by atoms with van der Waals surface area (Å²) in [7, 11) is 0. The topological polar surface area (TPSA) is 77.9 Å². The lowest BCUT2D eigenvalue weighted by atomic mass is 9.95. The van der Waals surface area contributed by atoms with Crippen molar-refractivity contribution in [2.45, 2.75) is 25.9 Å². The lowest BCUT2D eigenvalue weighted by molar-refractivity contribution is -0.164. The summed E-state index contributed by atoms with van der Waals surface area (Å²) >= 11 is 0. The van der Waals surface area contributed by atoms with E-state index in [1.807, 2.05) is 0 Å². The first-order chi connectivity index (χ1) is 12.6. The number of nitrogens with zero attached hydrogens (tertiary/aromatic N) is 2. The summed E-state index contributed by atoms with van der Waals surface area (Å²) in [4.78, 5) is 38.1. The molecule has 0 aliphatic carbocycles. The highest BCUT2D eigenvalue weighted by Gasteiger charge is 2.36. The first-order valence-corrected chi connectivity index (χ1v) is 8.60. The Bertz CT molecular complexity index is 704. The Morgan fingerprint density at radius 3 is 2.30 bits per heavy atom. The quantitative estimate of drug-likeness (QED) is 0.844. The molecule has 27 heavy (non-hydrogen) atoms. The van der Waals surface area contributed by atoms with Crippen LogP contribution in [0.2, 0.25) is 0 Å². The van der Waals surface area contributed by atoms with Gasteiger partial charge in [-0.15, -0.1) is 0 Å². The average Bonchev–Trinajstić information content (AvgIpc) is 2.64. The van der Waals surface area contributed by atoms with Crippen molar-refractivity contribution in [3.05, 3.63) is 35.4 Å². The number of carboxylic acid groups (broad SMARTS) is 1. The van der Waals surface area contributed by atoms with Gasteiger partial charge in [0.05, 0.1) is 11.5 Å². The fraction of sp³-hybridized carbons (Fsp3) is 0.500. The predicted octanol–water partition coefficient (Wildman–Crippen LogP) is 2.65. The minimum atomic E-state index is -4.47. The van der Waals surface area contributed by atoms with Crippen molar-refractivity contribution in [2.75, 3.05) is 26.2 Å². The van der Waals surface area contributed by atoms with Crippen LogP contribution in [0.1, 0.15) is 40.5 Å². The van der Waals surface area contributed by atoms with Crippen LogP contribution in [0.4, 0.5) is 13.2 Å². The number of likely N-dealkylation sites (tertiary alicyclic amines) is 1. The van der Waals surface area contributed by atoms with Gasteiger partial charge in [0.15, 0.2) is 0 Å². The minimum Gasteiger partial charge on any atom is -0.478 e. The summed E-state index contributed by atoms with van der Waals surface area (Å²) in [6, 6.07) is 5.40. The monoisotopic (exact) mass is 386 g/mol. The molecular weight excluding hydrogens is 365 g/mol. The molecule has 0 spiro atoms. The molecule has 0 bridgehead atoms. The Morgan fingerprint density at radius 1 is 1.19 bits per heavy atom. The number of carbonyl (C=O) groups is 3.